The second-order valence-corrected chi connectivity index (χ2v) is 19.6. The molecule has 0 saturated carbocycles. The summed E-state index contributed by atoms with van der Waals surface area (Å²) in [6.07, 6.45) is 3.80. The molecule has 324 valence electrons. The third kappa shape index (κ3) is 8.76. The number of benzene rings is 5. The van der Waals surface area contributed by atoms with E-state index in [-0.39, 0.29) is 31.9 Å². The van der Waals surface area contributed by atoms with Crippen LogP contribution in [0.3, 0.4) is 0 Å². The predicted molar refractivity (Wildman–Crippen MR) is 257 cm³/mol. The smallest absolute Gasteiger partial charge is 0.136 e. The van der Waals surface area contributed by atoms with Gasteiger partial charge in [0.15, 0.2) is 0 Å². The van der Waals surface area contributed by atoms with Gasteiger partial charge in [0.1, 0.15) is 5.82 Å². The van der Waals surface area contributed by atoms with E-state index in [2.05, 4.69) is 173 Å². The number of para-hydroxylation sites is 1. The second-order valence-electron chi connectivity index (χ2n) is 19.6. The van der Waals surface area contributed by atoms with E-state index in [1.165, 1.54) is 27.2 Å². The molecule has 7 aromatic rings. The summed E-state index contributed by atoms with van der Waals surface area (Å²) in [6, 6.07) is 40.7. The molecule has 1 aliphatic heterocycles. The topological polar surface area (TPSA) is 33.5 Å². The molecule has 0 N–H and O–H groups in total. The van der Waals surface area contributed by atoms with Crippen LogP contribution < -0.4 is 9.64 Å². The molecule has 5 nitrogen and oxygen atoms in total. The van der Waals surface area contributed by atoms with Crippen molar-refractivity contribution in [3.63, 3.8) is 0 Å². The number of rotatable bonds is 9. The molecular weight excluding hydrogens is 940 g/mol. The molecule has 0 atom stereocenters. The summed E-state index contributed by atoms with van der Waals surface area (Å²) in [5.74, 6) is 2.91. The number of pyridine rings is 1. The van der Waals surface area contributed by atoms with Crippen LogP contribution in [0.15, 0.2) is 109 Å². The summed E-state index contributed by atoms with van der Waals surface area (Å²) >= 11 is 0. The van der Waals surface area contributed by atoms with E-state index >= 15 is 0 Å². The zero-order valence-corrected chi connectivity index (χ0v) is 40.5. The first-order chi connectivity index (χ1) is 30.1. The van der Waals surface area contributed by atoms with Gasteiger partial charge in [0.25, 0.3) is 0 Å². The Labute approximate surface area is 389 Å². The van der Waals surface area contributed by atoms with Gasteiger partial charge >= 0.3 is 0 Å². The molecule has 0 spiro atoms. The maximum absolute atomic E-state index is 8.54. The van der Waals surface area contributed by atoms with E-state index in [0.717, 1.165) is 49.9 Å². The molecule has 0 saturated heterocycles. The fourth-order valence-electron chi connectivity index (χ4n) is 8.32. The van der Waals surface area contributed by atoms with Crippen molar-refractivity contribution in [2.75, 3.05) is 11.9 Å². The molecule has 0 unspecified atom stereocenters. The van der Waals surface area contributed by atoms with Gasteiger partial charge in [-0.15, -0.1) is 41.4 Å². The Morgan fingerprint density at radius 1 is 0.677 bits per heavy atom. The fourth-order valence-corrected chi connectivity index (χ4v) is 8.32. The van der Waals surface area contributed by atoms with Gasteiger partial charge in [-0.05, 0) is 122 Å². The molecular formula is C56H61N4OPt-3. The van der Waals surface area contributed by atoms with Crippen molar-refractivity contribution in [2.24, 2.45) is 0 Å². The Kier molecular flexibility index (Phi) is 11.4. The van der Waals surface area contributed by atoms with Crippen LogP contribution in [0.4, 0.5) is 5.69 Å². The molecule has 0 aliphatic carbocycles. The van der Waals surface area contributed by atoms with Gasteiger partial charge in [0.2, 0.25) is 0 Å². The van der Waals surface area contributed by atoms with Gasteiger partial charge in [0.05, 0.1) is 0 Å². The van der Waals surface area contributed by atoms with Crippen LogP contribution in [-0.2, 0) is 31.9 Å². The van der Waals surface area contributed by atoms with Gasteiger partial charge in [-0.3, -0.25) is 0 Å². The molecule has 0 radical (unpaired) electrons. The molecule has 0 amide bonds. The maximum atomic E-state index is 8.54. The Morgan fingerprint density at radius 3 is 1.97 bits per heavy atom. The number of aromatic nitrogens is 2. The van der Waals surface area contributed by atoms with Crippen LogP contribution in [-0.4, -0.2) is 21.4 Å². The minimum atomic E-state index is -2.42. The zero-order valence-electron chi connectivity index (χ0n) is 41.2. The average Bonchev–Trinajstić information content (AvgIpc) is 3.83. The number of nitrogens with zero attached hydrogens (tertiary/aromatic N) is 4. The Bertz CT molecular complexity index is 2850. The number of hydrogen-bond acceptors (Lipinski definition) is 4. The van der Waals surface area contributed by atoms with E-state index in [1.807, 2.05) is 41.6 Å². The van der Waals surface area contributed by atoms with Gasteiger partial charge in [-0.25, -0.2) is 4.98 Å². The number of fused-ring (bicyclic) bond motifs is 3. The van der Waals surface area contributed by atoms with E-state index < -0.39 is 6.98 Å². The normalized spacial score (nSPS) is 14.4. The van der Waals surface area contributed by atoms with Gasteiger partial charge in [0, 0.05) is 54.1 Å². The number of anilines is 1. The molecule has 0 fully saturated rings. The van der Waals surface area contributed by atoms with Gasteiger partial charge in [-0.1, -0.05) is 125 Å². The van der Waals surface area contributed by atoms with Crippen molar-refractivity contribution in [1.29, 1.82) is 0 Å². The average molecular weight is 1000 g/mol. The van der Waals surface area contributed by atoms with E-state index in [1.54, 1.807) is 6.67 Å². The molecule has 8 rings (SSSR count). The summed E-state index contributed by atoms with van der Waals surface area (Å²) in [6.45, 7) is 26.0. The molecule has 1 aliphatic rings. The molecule has 2 aromatic heterocycles. The number of hydrogen-bond donors (Lipinski definition) is 0. The Balaban J connectivity index is 0.00000630. The summed E-state index contributed by atoms with van der Waals surface area (Å²) < 4.78 is 34.4. The van der Waals surface area contributed by atoms with Crippen molar-refractivity contribution in [1.82, 2.24) is 14.5 Å². The minimum absolute atomic E-state index is 0. The third-order valence-corrected chi connectivity index (χ3v) is 11.9. The molecule has 5 aromatic carbocycles. The monoisotopic (exact) mass is 1000 g/mol. The Hall–Kier alpha value is -5.12. The van der Waals surface area contributed by atoms with Crippen molar-refractivity contribution in [3.05, 3.63) is 162 Å². The largest absolute Gasteiger partial charge is 0.509 e. The maximum Gasteiger partial charge on any atom is 0.136 e. The summed E-state index contributed by atoms with van der Waals surface area (Å²) in [5.41, 5.74) is 12.5. The van der Waals surface area contributed by atoms with Crippen molar-refractivity contribution in [2.45, 2.75) is 112 Å². The standard InChI is InChI=1S/C56H61N4O.Pt/c1-35(2)39-27-48(36(3)4)54(49(28-39)37(5)6)38-23-24-57-53(29-38)60-50-20-15-14-19-46(50)47-22-21-45(32-51(47)60)61-44-18-16-17-43(31-44)59-33-52(58(13)34-59)40-25-41(55(7,8)9)30-42(26-40)56(10,11)12;/h14-30,33-37H,1-13H3;/q-3;/i13D3;. The predicted octanol–water partition coefficient (Wildman–Crippen LogP) is 15.1. The summed E-state index contributed by atoms with van der Waals surface area (Å²) in [5, 5.41) is 2.14. The fraction of sp³-hybridized carbons (Fsp3) is 0.321. The van der Waals surface area contributed by atoms with Crippen molar-refractivity contribution < 1.29 is 29.9 Å². The van der Waals surface area contributed by atoms with Crippen LogP contribution in [0.2, 0.25) is 0 Å². The van der Waals surface area contributed by atoms with E-state index in [0.29, 0.717) is 40.6 Å². The quantitative estimate of drug-likeness (QED) is 0.135. The first-order valence-electron chi connectivity index (χ1n) is 23.2. The first-order valence-corrected chi connectivity index (χ1v) is 21.7. The Morgan fingerprint density at radius 2 is 1.34 bits per heavy atom. The first kappa shape index (κ1) is 40.9. The second kappa shape index (κ2) is 17.2. The van der Waals surface area contributed by atoms with Gasteiger partial charge in [-0.2, -0.15) is 18.8 Å². The van der Waals surface area contributed by atoms with Crippen molar-refractivity contribution in [3.8, 4) is 28.4 Å². The molecule has 6 heteroatoms. The SMILES string of the molecule is [2H]C([2H])([2H])N1[CH-]N(c2[c-]c(Oc3[c-]c4c(cc3)c3ccccc3n4-c3cc(-c4c(C(C)C)cc(C(C)C)cc4C(C)C)ccn3)ccc2)C=C1c1cc(C(C)(C)C)cc(C(C)(C)C)c1.[Pt]. The van der Waals surface area contributed by atoms with Crippen molar-refractivity contribution >= 4 is 33.2 Å². The van der Waals surface area contributed by atoms with Crippen LogP contribution in [0.5, 0.6) is 11.5 Å². The summed E-state index contributed by atoms with van der Waals surface area (Å²) in [7, 11) is 0. The van der Waals surface area contributed by atoms with Crippen LogP contribution in [0.25, 0.3) is 44.4 Å². The van der Waals surface area contributed by atoms with Crippen LogP contribution in [0, 0.1) is 18.8 Å². The van der Waals surface area contributed by atoms with E-state index in [4.69, 9.17) is 13.8 Å². The molecule has 3 heterocycles. The van der Waals surface area contributed by atoms with Crippen LogP contribution >= 0.6 is 0 Å². The molecule has 62 heavy (non-hydrogen) atoms. The minimum Gasteiger partial charge on any atom is -0.509 e. The third-order valence-electron chi connectivity index (χ3n) is 11.9. The van der Waals surface area contributed by atoms with E-state index in [9.17, 15) is 0 Å². The van der Waals surface area contributed by atoms with Crippen LogP contribution in [0.1, 0.15) is 138 Å². The molecule has 0 bridgehead atoms. The summed E-state index contributed by atoms with van der Waals surface area (Å²) in [4.78, 5) is 8.18. The number of ether oxygens (including phenoxy) is 1. The zero-order chi connectivity index (χ0) is 46.0. The van der Waals surface area contributed by atoms with Gasteiger partial charge < -0.3 is 19.1 Å².